The Morgan fingerprint density at radius 2 is 2.30 bits per heavy atom. The Kier molecular flexibility index (Phi) is 5.54. The molecule has 6 heteroatoms. The van der Waals surface area contributed by atoms with Crippen molar-refractivity contribution in [2.75, 3.05) is 19.9 Å². The number of furan rings is 1. The van der Waals surface area contributed by atoms with Crippen molar-refractivity contribution < 1.29 is 13.9 Å². The fourth-order valence-corrected chi connectivity index (χ4v) is 4.44. The van der Waals surface area contributed by atoms with Gasteiger partial charge in [0.15, 0.2) is 0 Å². The number of urea groups is 1. The van der Waals surface area contributed by atoms with Crippen LogP contribution in [0.5, 0.6) is 0 Å². The van der Waals surface area contributed by atoms with E-state index in [-0.39, 0.29) is 12.1 Å². The molecule has 23 heavy (non-hydrogen) atoms. The van der Waals surface area contributed by atoms with Crippen LogP contribution in [0, 0.1) is 0 Å². The molecule has 1 aromatic rings. The van der Waals surface area contributed by atoms with Gasteiger partial charge < -0.3 is 19.4 Å². The predicted octanol–water partition coefficient (Wildman–Crippen LogP) is 3.56. The first-order chi connectivity index (χ1) is 11.2. The number of likely N-dealkylation sites (tertiary alicyclic amines) is 1. The van der Waals surface area contributed by atoms with Gasteiger partial charge in [-0.15, -0.1) is 0 Å². The van der Waals surface area contributed by atoms with Crippen LogP contribution in [0.15, 0.2) is 16.5 Å². The van der Waals surface area contributed by atoms with E-state index in [0.29, 0.717) is 17.9 Å². The van der Waals surface area contributed by atoms with Crippen molar-refractivity contribution in [3.8, 4) is 0 Å². The first-order valence-corrected chi connectivity index (χ1v) is 9.67. The fourth-order valence-electron chi connectivity index (χ4n) is 3.64. The topological polar surface area (TPSA) is 54.7 Å². The molecule has 5 nitrogen and oxygen atoms in total. The standard InChI is InChI=1S/C17H26N2O3S/c1-21-11-13-6-8-16(22-13)15-4-3-9-19(15)17(20)18-12-5-7-14(10-12)23-2/h6,8,12,14-15H,3-5,7,9-11H2,1-2H3,(H,18,20)/t12-,14+,15+/m1/s1. The van der Waals surface area contributed by atoms with E-state index in [1.54, 1.807) is 7.11 Å². The first-order valence-electron chi connectivity index (χ1n) is 8.38. The number of nitrogens with zero attached hydrogens (tertiary/aromatic N) is 1. The molecule has 2 aliphatic rings. The molecule has 128 valence electrons. The average molecular weight is 338 g/mol. The molecule has 1 saturated carbocycles. The smallest absolute Gasteiger partial charge is 0.318 e. The van der Waals surface area contributed by atoms with Crippen LogP contribution in [0.3, 0.4) is 0 Å². The summed E-state index contributed by atoms with van der Waals surface area (Å²) in [7, 11) is 1.65. The second-order valence-corrected chi connectivity index (χ2v) is 7.54. The van der Waals surface area contributed by atoms with Gasteiger partial charge in [0.1, 0.15) is 18.1 Å². The van der Waals surface area contributed by atoms with Crippen molar-refractivity contribution in [2.24, 2.45) is 0 Å². The van der Waals surface area contributed by atoms with E-state index in [2.05, 4.69) is 11.6 Å². The highest BCUT2D eigenvalue weighted by Gasteiger charge is 2.34. The van der Waals surface area contributed by atoms with Gasteiger partial charge in [0.2, 0.25) is 0 Å². The zero-order chi connectivity index (χ0) is 16.2. The van der Waals surface area contributed by atoms with Gasteiger partial charge in [-0.05, 0) is 50.5 Å². The summed E-state index contributed by atoms with van der Waals surface area (Å²) in [5, 5.41) is 3.92. The summed E-state index contributed by atoms with van der Waals surface area (Å²) in [6, 6.07) is 4.35. The Labute approximate surface area is 142 Å². The third-order valence-electron chi connectivity index (χ3n) is 4.86. The maximum Gasteiger partial charge on any atom is 0.318 e. The van der Waals surface area contributed by atoms with Crippen LogP contribution >= 0.6 is 11.8 Å². The average Bonchev–Trinajstić information content (AvgIpc) is 3.27. The lowest BCUT2D eigenvalue weighted by molar-refractivity contribution is 0.155. The summed E-state index contributed by atoms with van der Waals surface area (Å²) in [6.07, 6.45) is 7.52. The molecule has 1 aliphatic heterocycles. The highest BCUT2D eigenvalue weighted by atomic mass is 32.2. The minimum atomic E-state index is 0.0540. The van der Waals surface area contributed by atoms with E-state index in [1.165, 1.54) is 6.42 Å². The molecule has 1 aliphatic carbocycles. The lowest BCUT2D eigenvalue weighted by Gasteiger charge is -2.25. The fraction of sp³-hybridized carbons (Fsp3) is 0.706. The van der Waals surface area contributed by atoms with Crippen molar-refractivity contribution in [1.29, 1.82) is 0 Å². The number of rotatable bonds is 5. The quantitative estimate of drug-likeness (QED) is 0.892. The van der Waals surface area contributed by atoms with E-state index in [9.17, 15) is 4.79 Å². The van der Waals surface area contributed by atoms with Gasteiger partial charge in [0, 0.05) is 24.9 Å². The number of hydrogen-bond acceptors (Lipinski definition) is 4. The van der Waals surface area contributed by atoms with E-state index in [1.807, 2.05) is 28.8 Å². The normalized spacial score (nSPS) is 27.6. The van der Waals surface area contributed by atoms with Crippen LogP contribution in [0.1, 0.15) is 49.7 Å². The zero-order valence-electron chi connectivity index (χ0n) is 13.9. The van der Waals surface area contributed by atoms with Crippen molar-refractivity contribution >= 4 is 17.8 Å². The number of nitrogens with one attached hydrogen (secondary N) is 1. The third-order valence-corrected chi connectivity index (χ3v) is 5.95. The van der Waals surface area contributed by atoms with Crippen LogP contribution in [0.2, 0.25) is 0 Å². The second kappa shape index (κ2) is 7.62. The van der Waals surface area contributed by atoms with E-state index in [0.717, 1.165) is 43.7 Å². The van der Waals surface area contributed by atoms with Gasteiger partial charge in [-0.3, -0.25) is 0 Å². The highest BCUT2D eigenvalue weighted by molar-refractivity contribution is 7.99. The number of amides is 2. The number of thioether (sulfide) groups is 1. The van der Waals surface area contributed by atoms with Gasteiger partial charge in [-0.1, -0.05) is 0 Å². The molecule has 0 bridgehead atoms. The van der Waals surface area contributed by atoms with Gasteiger partial charge in [-0.25, -0.2) is 4.79 Å². The Balaban J connectivity index is 1.60. The van der Waals surface area contributed by atoms with Gasteiger partial charge in [0.25, 0.3) is 0 Å². The minimum Gasteiger partial charge on any atom is -0.461 e. The van der Waals surface area contributed by atoms with Crippen molar-refractivity contribution in [3.63, 3.8) is 0 Å². The molecule has 0 radical (unpaired) electrons. The van der Waals surface area contributed by atoms with E-state index >= 15 is 0 Å². The molecular formula is C17H26N2O3S. The third kappa shape index (κ3) is 3.86. The van der Waals surface area contributed by atoms with Crippen molar-refractivity contribution in [3.05, 3.63) is 23.7 Å². The molecule has 0 aromatic carbocycles. The number of hydrogen-bond donors (Lipinski definition) is 1. The van der Waals surface area contributed by atoms with Crippen LogP contribution < -0.4 is 5.32 Å². The van der Waals surface area contributed by atoms with Crippen LogP contribution in [-0.2, 0) is 11.3 Å². The maximum atomic E-state index is 12.7. The number of carbonyl (C=O) groups is 1. The van der Waals surface area contributed by atoms with Crippen LogP contribution in [0.4, 0.5) is 4.79 Å². The van der Waals surface area contributed by atoms with Gasteiger partial charge in [0.05, 0.1) is 6.04 Å². The molecule has 2 fully saturated rings. The Morgan fingerprint density at radius 3 is 3.04 bits per heavy atom. The molecular weight excluding hydrogens is 312 g/mol. The molecule has 1 saturated heterocycles. The Hall–Kier alpha value is -1.14. The summed E-state index contributed by atoms with van der Waals surface area (Å²) < 4.78 is 10.9. The largest absolute Gasteiger partial charge is 0.461 e. The van der Waals surface area contributed by atoms with Crippen LogP contribution in [-0.4, -0.2) is 42.1 Å². The molecule has 1 aromatic heterocycles. The summed E-state index contributed by atoms with van der Waals surface area (Å²) >= 11 is 1.91. The lowest BCUT2D eigenvalue weighted by atomic mass is 10.2. The number of carbonyl (C=O) groups excluding carboxylic acids is 1. The van der Waals surface area contributed by atoms with E-state index in [4.69, 9.17) is 9.15 Å². The summed E-state index contributed by atoms with van der Waals surface area (Å²) in [5.74, 6) is 1.69. The monoisotopic (exact) mass is 338 g/mol. The van der Waals surface area contributed by atoms with Crippen molar-refractivity contribution in [1.82, 2.24) is 10.2 Å². The molecule has 3 atom stereocenters. The molecule has 1 N–H and O–H groups in total. The summed E-state index contributed by atoms with van der Waals surface area (Å²) in [6.45, 7) is 1.27. The van der Waals surface area contributed by atoms with Crippen molar-refractivity contribution in [2.45, 2.75) is 56.0 Å². The molecule has 2 amide bonds. The first kappa shape index (κ1) is 16.7. The number of methoxy groups -OCH3 is 1. The second-order valence-electron chi connectivity index (χ2n) is 6.41. The number of ether oxygens (including phenoxy) is 1. The molecule has 2 heterocycles. The van der Waals surface area contributed by atoms with Gasteiger partial charge >= 0.3 is 6.03 Å². The molecule has 0 unspecified atom stereocenters. The summed E-state index contributed by atoms with van der Waals surface area (Å²) in [4.78, 5) is 14.6. The molecule has 0 spiro atoms. The van der Waals surface area contributed by atoms with Crippen LogP contribution in [0.25, 0.3) is 0 Å². The SMILES string of the molecule is COCc1ccc([C@@H]2CCCN2C(=O)N[C@@H]2CC[C@H](SC)C2)o1. The minimum absolute atomic E-state index is 0.0540. The highest BCUT2D eigenvalue weighted by Crippen LogP contribution is 2.34. The Bertz CT molecular complexity index is 534. The predicted molar refractivity (Wildman–Crippen MR) is 91.6 cm³/mol. The lowest BCUT2D eigenvalue weighted by Crippen LogP contribution is -2.43. The van der Waals surface area contributed by atoms with E-state index < -0.39 is 0 Å². The van der Waals surface area contributed by atoms with Gasteiger partial charge in [-0.2, -0.15) is 11.8 Å². The summed E-state index contributed by atoms with van der Waals surface area (Å²) in [5.41, 5.74) is 0. The molecule has 3 rings (SSSR count). The maximum absolute atomic E-state index is 12.7. The Morgan fingerprint density at radius 1 is 1.43 bits per heavy atom. The zero-order valence-corrected chi connectivity index (χ0v) is 14.7.